The summed E-state index contributed by atoms with van der Waals surface area (Å²) in [5, 5.41) is 11.1. The zero-order valence-corrected chi connectivity index (χ0v) is 23.5. The first kappa shape index (κ1) is 29.6. The summed E-state index contributed by atoms with van der Waals surface area (Å²) in [6.07, 6.45) is 1.85. The van der Waals surface area contributed by atoms with E-state index in [0.717, 1.165) is 12.8 Å². The third-order valence-corrected chi connectivity index (χ3v) is 7.24. The molecule has 0 aliphatic carbocycles. The minimum absolute atomic E-state index is 0.0137. The van der Waals surface area contributed by atoms with Crippen molar-refractivity contribution in [3.8, 4) is 17.2 Å². The molecule has 0 aromatic heterocycles. The van der Waals surface area contributed by atoms with E-state index in [2.05, 4.69) is 62.3 Å². The lowest BCUT2D eigenvalue weighted by Crippen LogP contribution is -2.39. The lowest BCUT2D eigenvalue weighted by molar-refractivity contribution is 0.0750. The van der Waals surface area contributed by atoms with Gasteiger partial charge in [-0.1, -0.05) is 69.2 Å². The van der Waals surface area contributed by atoms with Gasteiger partial charge in [0.1, 0.15) is 4.90 Å². The summed E-state index contributed by atoms with van der Waals surface area (Å²) < 4.78 is 47.4. The third kappa shape index (κ3) is 6.56. The highest BCUT2D eigenvalue weighted by atomic mass is 32.2. The topological polar surface area (TPSA) is 93.1 Å². The predicted molar refractivity (Wildman–Crippen MR) is 134 cm³/mol. The van der Waals surface area contributed by atoms with Crippen molar-refractivity contribution in [1.82, 2.24) is 0 Å². The molecule has 0 aliphatic rings. The molecule has 0 spiro atoms. The molecule has 1 aromatic carbocycles. The summed E-state index contributed by atoms with van der Waals surface area (Å²) in [6.45, 7) is 21.0. The molecule has 0 aliphatic heterocycles. The van der Waals surface area contributed by atoms with Crippen molar-refractivity contribution in [2.24, 2.45) is 22.2 Å². The molecule has 0 fully saturated rings. The van der Waals surface area contributed by atoms with Gasteiger partial charge in [-0.05, 0) is 47.3 Å². The second-order valence-electron chi connectivity index (χ2n) is 12.2. The van der Waals surface area contributed by atoms with Crippen molar-refractivity contribution < 1.29 is 27.6 Å². The minimum atomic E-state index is -4.67. The predicted octanol–water partition coefficient (Wildman–Crippen LogP) is 6.84. The highest BCUT2D eigenvalue weighted by Crippen LogP contribution is 2.60. The van der Waals surface area contributed by atoms with Crippen LogP contribution in [0.15, 0.2) is 4.90 Å². The first-order valence-electron chi connectivity index (χ1n) is 11.7. The molecule has 1 atom stereocenters. The van der Waals surface area contributed by atoms with Crippen LogP contribution in [0.3, 0.4) is 0 Å². The van der Waals surface area contributed by atoms with E-state index < -0.39 is 15.5 Å². The molecule has 1 unspecified atom stereocenters. The number of benzene rings is 1. The second-order valence-corrected chi connectivity index (χ2v) is 13.6. The van der Waals surface area contributed by atoms with E-state index >= 15 is 0 Å². The summed E-state index contributed by atoms with van der Waals surface area (Å²) in [5.74, 6) is -0.192. The number of ether oxygens (including phenoxy) is 2. The van der Waals surface area contributed by atoms with Gasteiger partial charge in [-0.2, -0.15) is 8.42 Å². The summed E-state index contributed by atoms with van der Waals surface area (Å²) in [5.41, 5.74) is -0.249. The summed E-state index contributed by atoms with van der Waals surface area (Å²) in [4.78, 5) is -0.208. The van der Waals surface area contributed by atoms with Crippen LogP contribution >= 0.6 is 0 Å². The van der Waals surface area contributed by atoms with E-state index in [9.17, 15) is 18.1 Å². The van der Waals surface area contributed by atoms with E-state index in [1.807, 2.05) is 0 Å². The molecule has 1 aromatic rings. The van der Waals surface area contributed by atoms with Crippen LogP contribution in [0.4, 0.5) is 0 Å². The van der Waals surface area contributed by atoms with Gasteiger partial charge in [0.25, 0.3) is 10.1 Å². The summed E-state index contributed by atoms with van der Waals surface area (Å²) >= 11 is 0. The number of rotatable bonds is 10. The van der Waals surface area contributed by atoms with E-state index in [1.54, 1.807) is 6.92 Å². The quantitative estimate of drug-likeness (QED) is 0.352. The van der Waals surface area contributed by atoms with Crippen molar-refractivity contribution in [3.05, 3.63) is 11.1 Å². The van der Waals surface area contributed by atoms with Gasteiger partial charge in [-0.25, -0.2) is 0 Å². The number of methoxy groups -OCH3 is 2. The Morgan fingerprint density at radius 3 is 1.73 bits per heavy atom. The van der Waals surface area contributed by atoms with E-state index in [4.69, 9.17) is 9.47 Å². The van der Waals surface area contributed by atoms with Crippen molar-refractivity contribution in [2.45, 2.75) is 99.3 Å². The molecule has 0 saturated carbocycles. The van der Waals surface area contributed by atoms with Gasteiger partial charge in [0.05, 0.1) is 14.2 Å². The van der Waals surface area contributed by atoms with Crippen LogP contribution in [0, 0.1) is 22.2 Å². The molecule has 0 saturated heterocycles. The third-order valence-electron chi connectivity index (χ3n) is 6.26. The Balaban J connectivity index is 4.36. The Labute approximate surface area is 201 Å². The normalized spacial score (nSPS) is 14.5. The Hall–Kier alpha value is -1.47. The van der Waals surface area contributed by atoms with Crippen molar-refractivity contribution >= 4 is 10.1 Å². The van der Waals surface area contributed by atoms with E-state index in [1.165, 1.54) is 14.2 Å². The highest BCUT2D eigenvalue weighted by molar-refractivity contribution is 7.86. The average molecular weight is 487 g/mol. The molecule has 0 bridgehead atoms. The summed E-state index contributed by atoms with van der Waals surface area (Å²) in [7, 11) is -1.90. The van der Waals surface area contributed by atoms with Crippen LogP contribution in [-0.4, -0.2) is 32.3 Å². The van der Waals surface area contributed by atoms with Gasteiger partial charge >= 0.3 is 0 Å². The molecule has 192 valence electrons. The largest absolute Gasteiger partial charge is 0.502 e. The Bertz CT molecular complexity index is 937. The number of hydrogen-bond donors (Lipinski definition) is 2. The van der Waals surface area contributed by atoms with Gasteiger partial charge in [0.2, 0.25) is 5.75 Å². The molecule has 6 nitrogen and oxygen atoms in total. The SMILES string of the molecule is CCc1c(OC)c(O)c(OC)c(C(C(C)(C)CC(C)C)C(C)(C)CC(C)(C)C)c1S(=O)(=O)O. The standard InChI is InChI=1S/C26H46O6S/c1-13-17-20(31-11)19(27)21(32-12)18(22(17)33(28,29)30)23(25(7,8)14-16(2)3)26(9,10)15-24(4,5)6/h16,23,27H,13-15H2,1-12H3,(H,28,29,30). The van der Waals surface area contributed by atoms with Crippen LogP contribution in [0.2, 0.25) is 0 Å². The average Bonchev–Trinajstić information content (AvgIpc) is 2.56. The smallest absolute Gasteiger partial charge is 0.295 e. The molecule has 33 heavy (non-hydrogen) atoms. The van der Waals surface area contributed by atoms with Crippen LogP contribution in [-0.2, 0) is 16.5 Å². The van der Waals surface area contributed by atoms with Crippen molar-refractivity contribution in [2.75, 3.05) is 14.2 Å². The molecule has 0 radical (unpaired) electrons. The monoisotopic (exact) mass is 486 g/mol. The molecule has 2 N–H and O–H groups in total. The lowest BCUT2D eigenvalue weighted by atomic mass is 9.56. The molecule has 0 heterocycles. The molecule has 1 rings (SSSR count). The van der Waals surface area contributed by atoms with Crippen molar-refractivity contribution in [1.29, 1.82) is 0 Å². The van der Waals surface area contributed by atoms with E-state index in [-0.39, 0.29) is 50.9 Å². The van der Waals surface area contributed by atoms with Gasteiger partial charge in [0, 0.05) is 11.1 Å². The Morgan fingerprint density at radius 2 is 1.39 bits per heavy atom. The molecule has 7 heteroatoms. The molecular formula is C26H46O6S. The highest BCUT2D eigenvalue weighted by Gasteiger charge is 2.48. The first-order chi connectivity index (χ1) is 14.7. The first-order valence-corrected chi connectivity index (χ1v) is 13.2. The second kappa shape index (κ2) is 10.0. The van der Waals surface area contributed by atoms with Crippen LogP contribution in [0.5, 0.6) is 17.2 Å². The Morgan fingerprint density at radius 1 is 0.909 bits per heavy atom. The minimum Gasteiger partial charge on any atom is -0.502 e. The van der Waals surface area contributed by atoms with E-state index in [0.29, 0.717) is 11.5 Å². The van der Waals surface area contributed by atoms with Crippen LogP contribution in [0.25, 0.3) is 0 Å². The molecule has 0 amide bonds. The maximum Gasteiger partial charge on any atom is 0.295 e. The number of aromatic hydroxyl groups is 1. The van der Waals surface area contributed by atoms with Crippen molar-refractivity contribution in [3.63, 3.8) is 0 Å². The fraction of sp³-hybridized carbons (Fsp3) is 0.769. The molecular weight excluding hydrogens is 440 g/mol. The fourth-order valence-electron chi connectivity index (χ4n) is 6.53. The van der Waals surface area contributed by atoms with Gasteiger partial charge in [-0.15, -0.1) is 0 Å². The summed E-state index contributed by atoms with van der Waals surface area (Å²) in [6, 6.07) is 0. The maximum absolute atomic E-state index is 12.9. The zero-order chi connectivity index (χ0) is 26.2. The zero-order valence-electron chi connectivity index (χ0n) is 22.7. The number of hydrogen-bond acceptors (Lipinski definition) is 5. The number of phenols is 1. The number of phenolic OH excluding ortho intramolecular Hbond substituents is 1. The van der Waals surface area contributed by atoms with Gasteiger partial charge in [0.15, 0.2) is 11.5 Å². The maximum atomic E-state index is 12.9. The fourth-order valence-corrected chi connectivity index (χ4v) is 7.56. The van der Waals surface area contributed by atoms with Crippen LogP contribution in [0.1, 0.15) is 99.1 Å². The lowest BCUT2D eigenvalue weighted by Gasteiger charge is -2.49. The van der Waals surface area contributed by atoms with Crippen LogP contribution < -0.4 is 9.47 Å². The van der Waals surface area contributed by atoms with Gasteiger partial charge in [-0.3, -0.25) is 4.55 Å². The van der Waals surface area contributed by atoms with Gasteiger partial charge < -0.3 is 14.6 Å². The Kier molecular flexibility index (Phi) is 8.98.